The molecule has 0 aliphatic heterocycles. The van der Waals surface area contributed by atoms with E-state index < -0.39 is 11.9 Å². The normalized spacial score (nSPS) is 11.1. The molecule has 26 heavy (non-hydrogen) atoms. The van der Waals surface area contributed by atoms with E-state index in [9.17, 15) is 14.7 Å². The number of rotatable bonds is 8. The highest BCUT2D eigenvalue weighted by Crippen LogP contribution is 2.29. The Morgan fingerprint density at radius 2 is 1.96 bits per heavy atom. The molecule has 0 aliphatic carbocycles. The Balaban J connectivity index is 2.10. The molecule has 0 bridgehead atoms. The van der Waals surface area contributed by atoms with Gasteiger partial charge in [0.1, 0.15) is 12.4 Å². The van der Waals surface area contributed by atoms with E-state index in [2.05, 4.69) is 11.8 Å². The van der Waals surface area contributed by atoms with E-state index in [-0.39, 0.29) is 23.5 Å². The van der Waals surface area contributed by atoms with Gasteiger partial charge in [0.2, 0.25) is 5.78 Å². The third-order valence-electron chi connectivity index (χ3n) is 3.65. The van der Waals surface area contributed by atoms with Crippen molar-refractivity contribution in [3.63, 3.8) is 0 Å². The first-order chi connectivity index (χ1) is 12.7. The maximum atomic E-state index is 12.3. The van der Waals surface area contributed by atoms with Gasteiger partial charge in [-0.3, -0.25) is 4.79 Å². The Morgan fingerprint density at radius 1 is 1.19 bits per heavy atom. The number of aldehydes is 1. The highest BCUT2D eigenvalue weighted by Gasteiger charge is 2.13. The van der Waals surface area contributed by atoms with Crippen molar-refractivity contribution in [3.05, 3.63) is 59.7 Å². The molecule has 2 aromatic carbocycles. The molecule has 0 heterocycles. The molecule has 1 unspecified atom stereocenters. The zero-order chi connectivity index (χ0) is 18.8. The summed E-state index contributed by atoms with van der Waals surface area (Å²) >= 11 is 0. The predicted molar refractivity (Wildman–Crippen MR) is 97.1 cm³/mol. The standard InChI is InChI=1S/C21H20O5/c1-25-20-11-5-10-18(21(20)24)19(23)13-12-17(9-6-14-22)26-15-16-7-3-2-4-8-16/h2-5,7-8,10-11,14,17,24H,6,9,15H2,1H3. The van der Waals surface area contributed by atoms with Crippen molar-refractivity contribution in [2.24, 2.45) is 0 Å². The molecular weight excluding hydrogens is 332 g/mol. The number of carbonyl (C=O) groups excluding carboxylic acids is 2. The van der Waals surface area contributed by atoms with Gasteiger partial charge in [0, 0.05) is 6.42 Å². The number of methoxy groups -OCH3 is 1. The number of hydrogen-bond donors (Lipinski definition) is 1. The number of benzene rings is 2. The van der Waals surface area contributed by atoms with Gasteiger partial charge in [-0.25, -0.2) is 0 Å². The number of hydrogen-bond acceptors (Lipinski definition) is 5. The molecule has 1 N–H and O–H groups in total. The fourth-order valence-electron chi connectivity index (χ4n) is 2.27. The van der Waals surface area contributed by atoms with Crippen molar-refractivity contribution in [1.29, 1.82) is 0 Å². The Kier molecular flexibility index (Phi) is 7.41. The summed E-state index contributed by atoms with van der Waals surface area (Å²) in [6, 6.07) is 14.2. The SMILES string of the molecule is COc1cccc(C(=O)C#CC(CCC=O)OCc2ccccc2)c1O. The maximum absolute atomic E-state index is 12.3. The zero-order valence-corrected chi connectivity index (χ0v) is 14.5. The smallest absolute Gasteiger partial charge is 0.239 e. The third kappa shape index (κ3) is 5.47. The lowest BCUT2D eigenvalue weighted by atomic mass is 10.1. The lowest BCUT2D eigenvalue weighted by Gasteiger charge is -2.11. The van der Waals surface area contributed by atoms with Gasteiger partial charge in [0.25, 0.3) is 0 Å². The lowest BCUT2D eigenvalue weighted by Crippen LogP contribution is -2.11. The summed E-state index contributed by atoms with van der Waals surface area (Å²) in [5, 5.41) is 10.0. The highest BCUT2D eigenvalue weighted by atomic mass is 16.5. The van der Waals surface area contributed by atoms with Crippen LogP contribution < -0.4 is 4.74 Å². The van der Waals surface area contributed by atoms with E-state index in [1.165, 1.54) is 13.2 Å². The number of carbonyl (C=O) groups is 2. The first-order valence-electron chi connectivity index (χ1n) is 8.16. The number of ketones is 1. The fraction of sp³-hybridized carbons (Fsp3) is 0.238. The van der Waals surface area contributed by atoms with Gasteiger partial charge in [0.05, 0.1) is 19.3 Å². The minimum absolute atomic E-state index is 0.0639. The lowest BCUT2D eigenvalue weighted by molar-refractivity contribution is -0.108. The van der Waals surface area contributed by atoms with Crippen LogP contribution in [0.4, 0.5) is 0 Å². The van der Waals surface area contributed by atoms with E-state index in [4.69, 9.17) is 9.47 Å². The third-order valence-corrected chi connectivity index (χ3v) is 3.65. The molecule has 0 spiro atoms. The van der Waals surface area contributed by atoms with Crippen LogP contribution in [0.25, 0.3) is 0 Å². The second-order valence-corrected chi connectivity index (χ2v) is 5.48. The molecule has 0 amide bonds. The minimum atomic E-state index is -0.558. The van der Waals surface area contributed by atoms with Crippen LogP contribution >= 0.6 is 0 Å². The van der Waals surface area contributed by atoms with Gasteiger partial charge in [0.15, 0.2) is 11.5 Å². The van der Waals surface area contributed by atoms with Gasteiger partial charge < -0.3 is 19.4 Å². The van der Waals surface area contributed by atoms with E-state index in [1.807, 2.05) is 30.3 Å². The number of ether oxygens (including phenoxy) is 2. The van der Waals surface area contributed by atoms with Crippen molar-refractivity contribution in [1.82, 2.24) is 0 Å². The van der Waals surface area contributed by atoms with Crippen LogP contribution in [0.1, 0.15) is 28.8 Å². The Bertz CT molecular complexity index is 802. The first-order valence-corrected chi connectivity index (χ1v) is 8.16. The summed E-state index contributed by atoms with van der Waals surface area (Å²) in [5.41, 5.74) is 1.04. The van der Waals surface area contributed by atoms with Crippen molar-refractivity contribution < 1.29 is 24.2 Å². The number of aromatic hydroxyl groups is 1. The molecule has 1 atom stereocenters. The molecule has 0 saturated heterocycles. The Labute approximate surface area is 152 Å². The first kappa shape index (κ1) is 19.2. The van der Waals surface area contributed by atoms with E-state index in [1.54, 1.807) is 12.1 Å². The van der Waals surface area contributed by atoms with E-state index in [0.29, 0.717) is 13.0 Å². The Morgan fingerprint density at radius 3 is 2.65 bits per heavy atom. The van der Waals surface area contributed by atoms with Crippen LogP contribution in [0.3, 0.4) is 0 Å². The number of phenols is 1. The summed E-state index contributed by atoms with van der Waals surface area (Å²) in [6.45, 7) is 0.331. The van der Waals surface area contributed by atoms with Crippen molar-refractivity contribution >= 4 is 12.1 Å². The van der Waals surface area contributed by atoms with Crippen LogP contribution in [-0.4, -0.2) is 30.4 Å². The van der Waals surface area contributed by atoms with Crippen molar-refractivity contribution in [2.45, 2.75) is 25.6 Å². The maximum Gasteiger partial charge on any atom is 0.239 e. The van der Waals surface area contributed by atoms with Crippen molar-refractivity contribution in [3.8, 4) is 23.3 Å². The summed E-state index contributed by atoms with van der Waals surface area (Å²) in [6.07, 6.45) is 0.904. The van der Waals surface area contributed by atoms with Gasteiger partial charge in [-0.15, -0.1) is 0 Å². The van der Waals surface area contributed by atoms with E-state index >= 15 is 0 Å². The Hall–Kier alpha value is -3.10. The number of phenolic OH excluding ortho intramolecular Hbond substituents is 1. The van der Waals surface area contributed by atoms with Crippen LogP contribution in [0, 0.1) is 11.8 Å². The van der Waals surface area contributed by atoms with Crippen LogP contribution in [0.2, 0.25) is 0 Å². The van der Waals surface area contributed by atoms with Gasteiger partial charge >= 0.3 is 0 Å². The van der Waals surface area contributed by atoms with Gasteiger partial charge in [-0.05, 0) is 30.0 Å². The molecule has 0 aromatic heterocycles. The molecule has 0 aliphatic rings. The zero-order valence-electron chi connectivity index (χ0n) is 14.5. The molecule has 0 radical (unpaired) electrons. The fourth-order valence-corrected chi connectivity index (χ4v) is 2.27. The summed E-state index contributed by atoms with van der Waals surface area (Å²) in [7, 11) is 1.40. The molecule has 0 saturated carbocycles. The van der Waals surface area contributed by atoms with Crippen molar-refractivity contribution in [2.75, 3.05) is 7.11 Å². The topological polar surface area (TPSA) is 72.8 Å². The van der Waals surface area contributed by atoms with Gasteiger partial charge in [-0.1, -0.05) is 42.3 Å². The average molecular weight is 352 g/mol. The largest absolute Gasteiger partial charge is 0.504 e. The van der Waals surface area contributed by atoms with E-state index in [0.717, 1.165) is 11.8 Å². The molecule has 5 nitrogen and oxygen atoms in total. The summed E-state index contributed by atoms with van der Waals surface area (Å²) < 4.78 is 10.7. The number of Topliss-reactive ketones (excluding diaryl/α,β-unsaturated/α-hetero) is 1. The second kappa shape index (κ2) is 10.0. The molecule has 0 fully saturated rings. The van der Waals surface area contributed by atoms with Gasteiger partial charge in [-0.2, -0.15) is 0 Å². The number of para-hydroxylation sites is 1. The highest BCUT2D eigenvalue weighted by molar-refractivity contribution is 6.11. The molecular formula is C21H20O5. The minimum Gasteiger partial charge on any atom is -0.504 e. The molecule has 134 valence electrons. The second-order valence-electron chi connectivity index (χ2n) is 5.48. The molecule has 2 aromatic rings. The molecule has 2 rings (SSSR count). The van der Waals surface area contributed by atoms with Crippen LogP contribution in [0.5, 0.6) is 11.5 Å². The molecule has 5 heteroatoms. The summed E-state index contributed by atoms with van der Waals surface area (Å²) in [4.78, 5) is 22.9. The predicted octanol–water partition coefficient (Wildman–Crippen LogP) is 3.15. The average Bonchev–Trinajstić information content (AvgIpc) is 2.68. The van der Waals surface area contributed by atoms with Crippen LogP contribution in [-0.2, 0) is 16.1 Å². The quantitative estimate of drug-likeness (QED) is 0.342. The monoisotopic (exact) mass is 352 g/mol. The van der Waals surface area contributed by atoms with Crippen LogP contribution in [0.15, 0.2) is 48.5 Å². The summed E-state index contributed by atoms with van der Waals surface area (Å²) in [5.74, 6) is 4.66.